The number of likely N-dealkylation sites (tertiary alicyclic amines) is 1. The third-order valence-corrected chi connectivity index (χ3v) is 4.16. The Morgan fingerprint density at radius 2 is 2.24 bits per heavy atom. The second kappa shape index (κ2) is 6.87. The zero-order valence-corrected chi connectivity index (χ0v) is 12.4. The van der Waals surface area contributed by atoms with E-state index in [9.17, 15) is 14.9 Å². The topological polar surface area (TPSA) is 89.5 Å². The van der Waals surface area contributed by atoms with Crippen molar-refractivity contribution in [3.63, 3.8) is 0 Å². The van der Waals surface area contributed by atoms with Gasteiger partial charge < -0.3 is 10.6 Å². The van der Waals surface area contributed by atoms with Crippen molar-refractivity contribution >= 4 is 23.2 Å². The summed E-state index contributed by atoms with van der Waals surface area (Å²) in [6.07, 6.45) is 3.14. The molecule has 1 fully saturated rings. The number of non-ortho nitro benzene ring substituents is 1. The Kier molecular flexibility index (Phi) is 5.14. The van der Waals surface area contributed by atoms with Gasteiger partial charge in [-0.3, -0.25) is 14.9 Å². The number of carbonyl (C=O) groups excluding carboxylic acids is 1. The van der Waals surface area contributed by atoms with Gasteiger partial charge in [-0.05, 0) is 24.8 Å². The minimum atomic E-state index is -0.507. The van der Waals surface area contributed by atoms with Crippen LogP contribution in [-0.2, 0) is 11.2 Å². The number of amides is 1. The number of hydrogen-bond donors (Lipinski definition) is 1. The maximum atomic E-state index is 12.4. The number of rotatable bonds is 4. The van der Waals surface area contributed by atoms with Gasteiger partial charge in [0.05, 0.1) is 16.4 Å². The molecule has 1 aliphatic heterocycles. The lowest BCUT2D eigenvalue weighted by Gasteiger charge is -2.35. The van der Waals surface area contributed by atoms with E-state index in [4.69, 9.17) is 17.3 Å². The van der Waals surface area contributed by atoms with Gasteiger partial charge in [0, 0.05) is 31.3 Å². The summed E-state index contributed by atoms with van der Waals surface area (Å²) in [5.41, 5.74) is 6.24. The van der Waals surface area contributed by atoms with Gasteiger partial charge in [0.25, 0.3) is 5.69 Å². The Morgan fingerprint density at radius 3 is 2.86 bits per heavy atom. The summed E-state index contributed by atoms with van der Waals surface area (Å²) in [4.78, 5) is 24.4. The van der Waals surface area contributed by atoms with Crippen molar-refractivity contribution < 1.29 is 9.72 Å². The fraction of sp³-hybridized carbons (Fsp3) is 0.500. The smallest absolute Gasteiger partial charge is 0.270 e. The number of nitro benzene ring substituents is 1. The molecule has 1 saturated heterocycles. The van der Waals surface area contributed by atoms with Crippen LogP contribution in [0.15, 0.2) is 18.2 Å². The van der Waals surface area contributed by atoms with Crippen LogP contribution >= 0.6 is 11.6 Å². The van der Waals surface area contributed by atoms with Crippen molar-refractivity contribution in [1.82, 2.24) is 4.90 Å². The largest absolute Gasteiger partial charge is 0.338 e. The van der Waals surface area contributed by atoms with Crippen LogP contribution < -0.4 is 5.73 Å². The minimum absolute atomic E-state index is 0.0269. The first-order chi connectivity index (χ1) is 10.0. The molecule has 21 heavy (non-hydrogen) atoms. The first-order valence-corrected chi connectivity index (χ1v) is 7.33. The number of nitrogens with two attached hydrogens (primary N) is 1. The number of carbonyl (C=O) groups is 1. The van der Waals surface area contributed by atoms with Crippen LogP contribution in [0.25, 0.3) is 0 Å². The quantitative estimate of drug-likeness (QED) is 0.681. The van der Waals surface area contributed by atoms with E-state index in [-0.39, 0.29) is 29.1 Å². The maximum Gasteiger partial charge on any atom is 0.270 e. The molecule has 1 aliphatic rings. The van der Waals surface area contributed by atoms with E-state index in [2.05, 4.69) is 0 Å². The molecule has 114 valence electrons. The van der Waals surface area contributed by atoms with Crippen molar-refractivity contribution in [2.75, 3.05) is 13.1 Å². The first kappa shape index (κ1) is 15.7. The van der Waals surface area contributed by atoms with Crippen molar-refractivity contribution in [3.05, 3.63) is 38.9 Å². The number of hydrogen-bond acceptors (Lipinski definition) is 4. The van der Waals surface area contributed by atoms with E-state index in [1.165, 1.54) is 12.1 Å². The Labute approximate surface area is 128 Å². The molecule has 2 rings (SSSR count). The molecule has 2 N–H and O–H groups in total. The van der Waals surface area contributed by atoms with Gasteiger partial charge >= 0.3 is 0 Å². The zero-order valence-electron chi connectivity index (χ0n) is 11.6. The molecule has 1 amide bonds. The van der Waals surface area contributed by atoms with Crippen LogP contribution in [0.5, 0.6) is 0 Å². The van der Waals surface area contributed by atoms with E-state index >= 15 is 0 Å². The molecule has 0 bridgehead atoms. The highest BCUT2D eigenvalue weighted by Crippen LogP contribution is 2.24. The normalized spacial score (nSPS) is 18.6. The van der Waals surface area contributed by atoms with Gasteiger partial charge in [-0.1, -0.05) is 17.7 Å². The van der Waals surface area contributed by atoms with Gasteiger partial charge in [-0.15, -0.1) is 0 Å². The van der Waals surface area contributed by atoms with Crippen molar-refractivity contribution in [2.24, 2.45) is 5.73 Å². The summed E-state index contributed by atoms with van der Waals surface area (Å²) in [6.45, 7) is 1.17. The second-order valence-electron chi connectivity index (χ2n) is 5.18. The van der Waals surface area contributed by atoms with E-state index in [1.807, 2.05) is 0 Å². The molecular weight excluding hydrogens is 294 g/mol. The highest BCUT2D eigenvalue weighted by molar-refractivity contribution is 6.31. The number of benzene rings is 1. The maximum absolute atomic E-state index is 12.4. The summed E-state index contributed by atoms with van der Waals surface area (Å²) < 4.78 is 0. The molecule has 0 aromatic heterocycles. The van der Waals surface area contributed by atoms with Crippen LogP contribution in [-0.4, -0.2) is 34.9 Å². The minimum Gasteiger partial charge on any atom is -0.338 e. The Bertz CT molecular complexity index is 550. The van der Waals surface area contributed by atoms with Gasteiger partial charge in [-0.25, -0.2) is 0 Å². The number of nitrogens with zero attached hydrogens (tertiary/aromatic N) is 2. The van der Waals surface area contributed by atoms with Gasteiger partial charge in [0.1, 0.15) is 0 Å². The standard InChI is InChI=1S/C14H18ClN3O3/c15-13-8-11(18(20)21)5-4-10(13)7-14(19)17-6-2-1-3-12(17)9-16/h4-5,8,12H,1-3,6-7,9,16H2. The van der Waals surface area contributed by atoms with Gasteiger partial charge in [0.15, 0.2) is 0 Å². The molecule has 7 heteroatoms. The van der Waals surface area contributed by atoms with E-state index in [0.717, 1.165) is 19.3 Å². The molecule has 1 unspecified atom stereocenters. The monoisotopic (exact) mass is 311 g/mol. The lowest BCUT2D eigenvalue weighted by atomic mass is 10.0. The number of piperidine rings is 1. The first-order valence-electron chi connectivity index (χ1n) is 6.95. The van der Waals surface area contributed by atoms with E-state index < -0.39 is 4.92 Å². The van der Waals surface area contributed by atoms with Gasteiger partial charge in [0.2, 0.25) is 5.91 Å². The van der Waals surface area contributed by atoms with Crippen LogP contribution in [0.2, 0.25) is 5.02 Å². The number of nitro groups is 1. The molecule has 1 heterocycles. The predicted octanol–water partition coefficient (Wildman–Crippen LogP) is 2.13. The molecule has 1 aromatic rings. The predicted molar refractivity (Wildman–Crippen MR) is 80.2 cm³/mol. The van der Waals surface area contributed by atoms with E-state index in [1.54, 1.807) is 11.0 Å². The van der Waals surface area contributed by atoms with Crippen molar-refractivity contribution in [2.45, 2.75) is 31.7 Å². The summed E-state index contributed by atoms with van der Waals surface area (Å²) in [7, 11) is 0. The highest BCUT2D eigenvalue weighted by atomic mass is 35.5. The van der Waals surface area contributed by atoms with Gasteiger partial charge in [-0.2, -0.15) is 0 Å². The second-order valence-corrected chi connectivity index (χ2v) is 5.59. The third-order valence-electron chi connectivity index (χ3n) is 3.81. The third kappa shape index (κ3) is 3.71. The zero-order chi connectivity index (χ0) is 15.4. The molecular formula is C14H18ClN3O3. The molecule has 6 nitrogen and oxygen atoms in total. The van der Waals surface area contributed by atoms with Crippen LogP contribution in [0.3, 0.4) is 0 Å². The lowest BCUT2D eigenvalue weighted by molar-refractivity contribution is -0.384. The molecule has 0 aliphatic carbocycles. The Hall–Kier alpha value is -1.66. The average molecular weight is 312 g/mol. The van der Waals surface area contributed by atoms with Crippen LogP contribution in [0.4, 0.5) is 5.69 Å². The average Bonchev–Trinajstić information content (AvgIpc) is 2.48. The molecule has 0 spiro atoms. The molecule has 0 radical (unpaired) electrons. The van der Waals surface area contributed by atoms with Crippen molar-refractivity contribution in [3.8, 4) is 0 Å². The van der Waals surface area contributed by atoms with E-state index in [0.29, 0.717) is 18.7 Å². The number of halogens is 1. The van der Waals surface area contributed by atoms with Crippen LogP contribution in [0, 0.1) is 10.1 Å². The summed E-state index contributed by atoms with van der Waals surface area (Å²) in [5.74, 6) is -0.0269. The fourth-order valence-corrected chi connectivity index (χ4v) is 2.87. The molecule has 0 saturated carbocycles. The molecule has 1 atom stereocenters. The molecule has 1 aromatic carbocycles. The summed E-state index contributed by atoms with van der Waals surface area (Å²) in [5, 5.41) is 10.9. The SMILES string of the molecule is NCC1CCCCN1C(=O)Cc1ccc([N+](=O)[O-])cc1Cl. The summed E-state index contributed by atoms with van der Waals surface area (Å²) >= 11 is 6.03. The Morgan fingerprint density at radius 1 is 1.48 bits per heavy atom. The van der Waals surface area contributed by atoms with Crippen molar-refractivity contribution in [1.29, 1.82) is 0 Å². The highest BCUT2D eigenvalue weighted by Gasteiger charge is 2.26. The summed E-state index contributed by atoms with van der Waals surface area (Å²) in [6, 6.07) is 4.27. The Balaban J connectivity index is 2.10. The van der Waals surface area contributed by atoms with Crippen LogP contribution in [0.1, 0.15) is 24.8 Å². The fourth-order valence-electron chi connectivity index (χ4n) is 2.63. The lowest BCUT2D eigenvalue weighted by Crippen LogP contribution is -2.48.